The summed E-state index contributed by atoms with van der Waals surface area (Å²) in [6.07, 6.45) is 13.3. The van der Waals surface area contributed by atoms with Crippen molar-refractivity contribution in [2.24, 2.45) is 56.0 Å². The lowest BCUT2D eigenvalue weighted by Crippen LogP contribution is -2.79. The summed E-state index contributed by atoms with van der Waals surface area (Å²) < 4.78 is 0. The first-order valence-electron chi connectivity index (χ1n) is 27.3. The van der Waals surface area contributed by atoms with Crippen LogP contribution in [0.1, 0.15) is 117 Å². The van der Waals surface area contributed by atoms with Gasteiger partial charge in [0.1, 0.15) is 37.7 Å². The van der Waals surface area contributed by atoms with Gasteiger partial charge in [-0.2, -0.15) is 20.5 Å². The Balaban J connectivity index is 0.840. The zero-order valence-electron chi connectivity index (χ0n) is 42.6. The largest absolute Gasteiger partial charge is 0.395 e. The SMILES string of the molecule is CC1CC(NC2NC(NCCO)NC(NC3CCC(NC4NC(NCCO)NC(NC5CCC(N=NC6CC(COO)CC(COO)C6)C(C)C5)N4)CC3)N2)CCC1N=NC1CC(COO)CC(COO)C1. The van der Waals surface area contributed by atoms with Crippen molar-refractivity contribution in [2.45, 2.75) is 203 Å². The van der Waals surface area contributed by atoms with E-state index in [2.05, 4.69) is 97.2 Å². The van der Waals surface area contributed by atoms with Gasteiger partial charge in [-0.3, -0.25) is 84.8 Å². The molecule has 0 spiro atoms. The number of nitrogens with zero attached hydrogens (tertiary/aromatic N) is 4. The van der Waals surface area contributed by atoms with Crippen LogP contribution in [-0.4, -0.2) is 170 Å². The average molecular weight is 1030 g/mol. The van der Waals surface area contributed by atoms with Gasteiger partial charge in [-0.05, 0) is 138 Å². The third-order valence-corrected chi connectivity index (χ3v) is 16.3. The fourth-order valence-electron chi connectivity index (χ4n) is 12.7. The molecule has 16 atom stereocenters. The second-order valence-corrected chi connectivity index (χ2v) is 22.1. The molecular weight excluding hydrogens is 937 g/mol. The molecule has 5 saturated carbocycles. The predicted octanol–water partition coefficient (Wildman–Crippen LogP) is 0.633. The zero-order chi connectivity index (χ0) is 50.7. The molecule has 7 aliphatic rings. The molecule has 2 heterocycles. The molecular formula is C46H92N16O10. The molecule has 7 fully saturated rings. The molecule has 26 heteroatoms. The molecule has 72 heavy (non-hydrogen) atoms. The third kappa shape index (κ3) is 18.8. The average Bonchev–Trinajstić information content (AvgIpc) is 3.35. The molecule has 0 amide bonds. The van der Waals surface area contributed by atoms with Crippen LogP contribution >= 0.6 is 0 Å². The highest BCUT2D eigenvalue weighted by Crippen LogP contribution is 2.35. The van der Waals surface area contributed by atoms with E-state index in [1.54, 1.807) is 0 Å². The maximum Gasteiger partial charge on any atom is 0.116 e. The van der Waals surface area contributed by atoms with Crippen molar-refractivity contribution in [1.29, 1.82) is 0 Å². The highest BCUT2D eigenvalue weighted by atomic mass is 17.1. The molecule has 18 N–H and O–H groups in total. The minimum atomic E-state index is -0.226. The van der Waals surface area contributed by atoms with Gasteiger partial charge in [0.2, 0.25) is 0 Å². The van der Waals surface area contributed by atoms with Crippen molar-refractivity contribution in [3.63, 3.8) is 0 Å². The van der Waals surface area contributed by atoms with Crippen LogP contribution in [-0.2, 0) is 19.6 Å². The number of azo groups is 2. The molecule has 0 radical (unpaired) electrons. The quantitative estimate of drug-likeness (QED) is 0.0321. The van der Waals surface area contributed by atoms with Crippen molar-refractivity contribution < 1.29 is 50.8 Å². The Bertz CT molecular complexity index is 1430. The van der Waals surface area contributed by atoms with Gasteiger partial charge in [-0.15, -0.1) is 0 Å². The van der Waals surface area contributed by atoms with E-state index in [-0.39, 0.29) is 137 Å². The smallest absolute Gasteiger partial charge is 0.116 e. The van der Waals surface area contributed by atoms with Crippen LogP contribution < -0.4 is 63.8 Å². The van der Waals surface area contributed by atoms with Gasteiger partial charge in [0, 0.05) is 37.3 Å². The maximum absolute atomic E-state index is 9.62. The number of aliphatic hydroxyl groups is 2. The second kappa shape index (κ2) is 30.9. The lowest BCUT2D eigenvalue weighted by molar-refractivity contribution is -0.263. The van der Waals surface area contributed by atoms with E-state index in [4.69, 9.17) is 41.5 Å². The van der Waals surface area contributed by atoms with Crippen molar-refractivity contribution in [3.8, 4) is 0 Å². The van der Waals surface area contributed by atoms with E-state index in [1.807, 2.05) is 0 Å². The summed E-state index contributed by atoms with van der Waals surface area (Å²) in [7, 11) is 0. The molecule has 2 saturated heterocycles. The number of nitrogens with one attached hydrogen (secondary N) is 12. The van der Waals surface area contributed by atoms with Gasteiger partial charge in [0.15, 0.2) is 0 Å². The van der Waals surface area contributed by atoms with Crippen molar-refractivity contribution in [3.05, 3.63) is 0 Å². The minimum Gasteiger partial charge on any atom is -0.395 e. The van der Waals surface area contributed by atoms with Crippen LogP contribution in [0.5, 0.6) is 0 Å². The van der Waals surface area contributed by atoms with E-state index >= 15 is 0 Å². The van der Waals surface area contributed by atoms with Gasteiger partial charge < -0.3 is 10.2 Å². The summed E-state index contributed by atoms with van der Waals surface area (Å²) in [5, 5.41) is 119. The van der Waals surface area contributed by atoms with Crippen molar-refractivity contribution >= 4 is 0 Å². The molecule has 0 aromatic heterocycles. The Kier molecular flexibility index (Phi) is 24.9. The van der Waals surface area contributed by atoms with Gasteiger partial charge in [0.25, 0.3) is 0 Å². The molecule has 0 aromatic carbocycles. The van der Waals surface area contributed by atoms with Crippen LogP contribution in [0.15, 0.2) is 20.5 Å². The van der Waals surface area contributed by atoms with Gasteiger partial charge in [0.05, 0.1) is 63.8 Å². The Morgan fingerprint density at radius 3 is 1.00 bits per heavy atom. The maximum atomic E-state index is 9.62. The van der Waals surface area contributed by atoms with Crippen LogP contribution in [0.25, 0.3) is 0 Å². The van der Waals surface area contributed by atoms with Gasteiger partial charge in [-0.25, -0.2) is 19.6 Å². The Morgan fingerprint density at radius 1 is 0.389 bits per heavy atom. The highest BCUT2D eigenvalue weighted by molar-refractivity contribution is 4.94. The van der Waals surface area contributed by atoms with E-state index in [0.717, 1.165) is 103 Å². The monoisotopic (exact) mass is 1030 g/mol. The molecule has 5 aliphatic carbocycles. The van der Waals surface area contributed by atoms with Crippen LogP contribution in [0.3, 0.4) is 0 Å². The normalized spacial score (nSPS) is 41.6. The minimum absolute atomic E-state index is 0.0106. The molecule has 0 aromatic rings. The summed E-state index contributed by atoms with van der Waals surface area (Å²) in [4.78, 5) is 17.8. The lowest BCUT2D eigenvalue weighted by Gasteiger charge is -2.45. The summed E-state index contributed by atoms with van der Waals surface area (Å²) in [6.45, 7) is 6.42. The standard InChI is InChI=1S/C46H92N16O10/c1-27-15-35(7-9-39(27)61-59-37-19-29(23-69-65)17-30(20-37)24-70-66)51-45-55-41(47-11-13-63)53-43(57-45)49-33-3-5-34(6-4-33)50-44-54-42(48-12-14-64)56-46(58-44)52-36-8-10-40(28(2)16-36)62-60-38-21-31(25-71-67)18-32(22-38)26-72-68/h27-58,63-68H,3-26H2,1-2H3. The third-order valence-electron chi connectivity index (χ3n) is 16.3. The first-order chi connectivity index (χ1) is 35.1. The van der Waals surface area contributed by atoms with Crippen LogP contribution in [0, 0.1) is 35.5 Å². The fourth-order valence-corrected chi connectivity index (χ4v) is 12.7. The molecule has 0 bridgehead atoms. The van der Waals surface area contributed by atoms with Gasteiger partial charge in [-0.1, -0.05) is 13.8 Å². The zero-order valence-corrected chi connectivity index (χ0v) is 42.6. The molecule has 2 aliphatic heterocycles. The Morgan fingerprint density at radius 2 is 0.694 bits per heavy atom. The van der Waals surface area contributed by atoms with Crippen molar-refractivity contribution in [2.75, 3.05) is 52.7 Å². The van der Waals surface area contributed by atoms with Crippen LogP contribution in [0.4, 0.5) is 0 Å². The molecule has 16 unspecified atom stereocenters. The second-order valence-electron chi connectivity index (χ2n) is 22.1. The first kappa shape index (κ1) is 58.0. The first-order valence-corrected chi connectivity index (χ1v) is 27.3. The Hall–Kier alpha value is -1.68. The number of hydrogen-bond donors (Lipinski definition) is 18. The topological polar surface area (TPSA) is 352 Å². The summed E-state index contributed by atoms with van der Waals surface area (Å²) in [5.41, 5.74) is 0. The van der Waals surface area contributed by atoms with E-state index in [0.29, 0.717) is 37.0 Å². The van der Waals surface area contributed by atoms with E-state index in [1.165, 1.54) is 0 Å². The van der Waals surface area contributed by atoms with Gasteiger partial charge >= 0.3 is 0 Å². The lowest BCUT2D eigenvalue weighted by atomic mass is 9.79. The van der Waals surface area contributed by atoms with Crippen molar-refractivity contribution in [1.82, 2.24) is 63.8 Å². The van der Waals surface area contributed by atoms with E-state index < -0.39 is 0 Å². The molecule has 416 valence electrons. The molecule has 7 rings (SSSR count). The summed E-state index contributed by atoms with van der Waals surface area (Å²) in [5.74, 6) is 1.24. The predicted molar refractivity (Wildman–Crippen MR) is 265 cm³/mol. The summed E-state index contributed by atoms with van der Waals surface area (Å²) >= 11 is 0. The number of aliphatic hydroxyl groups excluding tert-OH is 2. The van der Waals surface area contributed by atoms with Crippen LogP contribution in [0.2, 0.25) is 0 Å². The number of hydrogen-bond acceptors (Lipinski definition) is 26. The Labute approximate surface area is 425 Å². The number of rotatable bonds is 26. The van der Waals surface area contributed by atoms with E-state index in [9.17, 15) is 10.2 Å². The highest BCUT2D eigenvalue weighted by Gasteiger charge is 2.38. The molecule has 26 nitrogen and oxygen atoms in total. The summed E-state index contributed by atoms with van der Waals surface area (Å²) in [6, 6.07) is 1.42. The fraction of sp³-hybridized carbons (Fsp3) is 1.00.